The van der Waals surface area contributed by atoms with Gasteiger partial charge in [0.15, 0.2) is 0 Å². The molecule has 0 radical (unpaired) electrons. The predicted molar refractivity (Wildman–Crippen MR) is 73.2 cm³/mol. The average molecular weight is 284 g/mol. The van der Waals surface area contributed by atoms with E-state index >= 15 is 0 Å². The summed E-state index contributed by atoms with van der Waals surface area (Å²) in [6.07, 6.45) is 2.41. The standard InChI is InChI=1S/C13H20N2O3S/c1-15(12-6-7-12)9-8-14-19(17,18)13-5-3-2-4-11(13)10-16/h2-5,12,14,16H,6-10H2,1H3. The summed E-state index contributed by atoms with van der Waals surface area (Å²) in [7, 11) is -1.53. The summed E-state index contributed by atoms with van der Waals surface area (Å²) >= 11 is 0. The minimum Gasteiger partial charge on any atom is -0.392 e. The monoisotopic (exact) mass is 284 g/mol. The number of benzene rings is 1. The number of aliphatic hydroxyl groups excluding tert-OH is 1. The Balaban J connectivity index is 1.97. The molecule has 106 valence electrons. The van der Waals surface area contributed by atoms with Crippen LogP contribution in [0, 0.1) is 0 Å². The summed E-state index contributed by atoms with van der Waals surface area (Å²) in [5.74, 6) is 0. The van der Waals surface area contributed by atoms with Gasteiger partial charge in [-0.1, -0.05) is 18.2 Å². The Morgan fingerprint density at radius 2 is 2.05 bits per heavy atom. The third-order valence-electron chi connectivity index (χ3n) is 3.36. The second-order valence-corrected chi connectivity index (χ2v) is 6.61. The van der Waals surface area contributed by atoms with Crippen LogP contribution in [0.25, 0.3) is 0 Å². The molecule has 0 amide bonds. The molecule has 1 aliphatic rings. The molecule has 0 heterocycles. The molecule has 0 saturated heterocycles. The molecule has 0 aromatic heterocycles. The Bertz CT molecular complexity index is 526. The van der Waals surface area contributed by atoms with E-state index in [9.17, 15) is 13.5 Å². The van der Waals surface area contributed by atoms with E-state index in [1.807, 2.05) is 7.05 Å². The molecule has 5 nitrogen and oxygen atoms in total. The Morgan fingerprint density at radius 3 is 2.68 bits per heavy atom. The molecule has 0 aliphatic heterocycles. The van der Waals surface area contributed by atoms with Crippen LogP contribution in [0.5, 0.6) is 0 Å². The van der Waals surface area contributed by atoms with Gasteiger partial charge >= 0.3 is 0 Å². The molecule has 6 heteroatoms. The van der Waals surface area contributed by atoms with Crippen molar-refractivity contribution in [2.45, 2.75) is 30.4 Å². The maximum absolute atomic E-state index is 12.1. The molecule has 1 aromatic carbocycles. The van der Waals surface area contributed by atoms with Crippen LogP contribution < -0.4 is 4.72 Å². The topological polar surface area (TPSA) is 69.6 Å². The lowest BCUT2D eigenvalue weighted by Gasteiger charge is -2.16. The SMILES string of the molecule is CN(CCNS(=O)(=O)c1ccccc1CO)C1CC1. The minimum atomic E-state index is -3.54. The number of rotatable bonds is 7. The fourth-order valence-electron chi connectivity index (χ4n) is 2.03. The highest BCUT2D eigenvalue weighted by molar-refractivity contribution is 7.89. The average Bonchev–Trinajstić information content (AvgIpc) is 3.22. The van der Waals surface area contributed by atoms with Gasteiger partial charge in [-0.25, -0.2) is 13.1 Å². The van der Waals surface area contributed by atoms with Crippen LogP contribution >= 0.6 is 0 Å². The highest BCUT2D eigenvalue weighted by Gasteiger charge is 2.26. The minimum absolute atomic E-state index is 0.159. The van der Waals surface area contributed by atoms with Crippen molar-refractivity contribution in [3.05, 3.63) is 29.8 Å². The van der Waals surface area contributed by atoms with Crippen molar-refractivity contribution in [3.63, 3.8) is 0 Å². The molecule has 1 aliphatic carbocycles. The van der Waals surface area contributed by atoms with Gasteiger partial charge in [0.25, 0.3) is 0 Å². The molecule has 2 N–H and O–H groups in total. The van der Waals surface area contributed by atoms with Crippen LogP contribution in [0.2, 0.25) is 0 Å². The largest absolute Gasteiger partial charge is 0.392 e. The van der Waals surface area contributed by atoms with Gasteiger partial charge in [0, 0.05) is 19.1 Å². The van der Waals surface area contributed by atoms with E-state index in [0.717, 1.165) is 0 Å². The van der Waals surface area contributed by atoms with Crippen molar-refractivity contribution in [3.8, 4) is 0 Å². The van der Waals surface area contributed by atoms with Crippen LogP contribution in [0.3, 0.4) is 0 Å². The first-order valence-corrected chi connectivity index (χ1v) is 7.91. The number of nitrogens with one attached hydrogen (secondary N) is 1. The zero-order valence-electron chi connectivity index (χ0n) is 11.0. The molecule has 0 bridgehead atoms. The van der Waals surface area contributed by atoms with E-state index in [1.54, 1.807) is 18.2 Å². The van der Waals surface area contributed by atoms with E-state index in [4.69, 9.17) is 0 Å². The molecule has 19 heavy (non-hydrogen) atoms. The molecule has 0 atom stereocenters. The summed E-state index contributed by atoms with van der Waals surface area (Å²) < 4.78 is 26.9. The molecular formula is C13H20N2O3S. The highest BCUT2D eigenvalue weighted by atomic mass is 32.2. The maximum Gasteiger partial charge on any atom is 0.240 e. The van der Waals surface area contributed by atoms with Crippen LogP contribution in [0.4, 0.5) is 0 Å². The fourth-order valence-corrected chi connectivity index (χ4v) is 3.28. The van der Waals surface area contributed by atoms with Crippen LogP contribution in [-0.2, 0) is 16.6 Å². The van der Waals surface area contributed by atoms with Crippen molar-refractivity contribution < 1.29 is 13.5 Å². The molecular weight excluding hydrogens is 264 g/mol. The van der Waals surface area contributed by atoms with Crippen LogP contribution in [0.15, 0.2) is 29.2 Å². The van der Waals surface area contributed by atoms with Crippen molar-refractivity contribution >= 4 is 10.0 Å². The van der Waals surface area contributed by atoms with E-state index in [1.165, 1.54) is 18.9 Å². The zero-order chi connectivity index (χ0) is 13.9. The van der Waals surface area contributed by atoms with E-state index in [2.05, 4.69) is 9.62 Å². The predicted octanol–water partition coefficient (Wildman–Crippen LogP) is 0.551. The zero-order valence-corrected chi connectivity index (χ0v) is 11.9. The number of aliphatic hydroxyl groups is 1. The number of hydrogen-bond donors (Lipinski definition) is 2. The lowest BCUT2D eigenvalue weighted by molar-refractivity contribution is 0.278. The van der Waals surface area contributed by atoms with Crippen molar-refractivity contribution in [2.75, 3.05) is 20.1 Å². The lowest BCUT2D eigenvalue weighted by atomic mass is 10.2. The lowest BCUT2D eigenvalue weighted by Crippen LogP contribution is -2.34. The fraction of sp³-hybridized carbons (Fsp3) is 0.538. The quantitative estimate of drug-likeness (QED) is 0.767. The summed E-state index contributed by atoms with van der Waals surface area (Å²) in [5, 5.41) is 9.18. The molecule has 1 aromatic rings. The summed E-state index contributed by atoms with van der Waals surface area (Å²) in [6, 6.07) is 7.12. The Labute approximate surface area is 114 Å². The third kappa shape index (κ3) is 3.76. The number of likely N-dealkylation sites (N-methyl/N-ethyl adjacent to an activating group) is 1. The molecule has 0 spiro atoms. The Morgan fingerprint density at radius 1 is 1.37 bits per heavy atom. The van der Waals surface area contributed by atoms with E-state index in [-0.39, 0.29) is 11.5 Å². The summed E-state index contributed by atoms with van der Waals surface area (Å²) in [5.41, 5.74) is 0.422. The van der Waals surface area contributed by atoms with Crippen LogP contribution in [0.1, 0.15) is 18.4 Å². The smallest absolute Gasteiger partial charge is 0.240 e. The second-order valence-electron chi connectivity index (χ2n) is 4.88. The van der Waals surface area contributed by atoms with Gasteiger partial charge in [-0.15, -0.1) is 0 Å². The van der Waals surface area contributed by atoms with Gasteiger partial charge < -0.3 is 10.0 Å². The summed E-state index contributed by atoms with van der Waals surface area (Å²) in [4.78, 5) is 2.33. The van der Waals surface area contributed by atoms with Gasteiger partial charge in [0.05, 0.1) is 11.5 Å². The first kappa shape index (κ1) is 14.5. The van der Waals surface area contributed by atoms with Gasteiger partial charge in [0.2, 0.25) is 10.0 Å². The maximum atomic E-state index is 12.1. The van der Waals surface area contributed by atoms with Crippen molar-refractivity contribution in [1.29, 1.82) is 0 Å². The first-order chi connectivity index (χ1) is 9.04. The van der Waals surface area contributed by atoms with Crippen LogP contribution in [-0.4, -0.2) is 44.6 Å². The highest BCUT2D eigenvalue weighted by Crippen LogP contribution is 2.24. The van der Waals surface area contributed by atoms with Crippen molar-refractivity contribution in [1.82, 2.24) is 9.62 Å². The Kier molecular flexibility index (Phi) is 4.57. The normalized spacial score (nSPS) is 15.9. The first-order valence-electron chi connectivity index (χ1n) is 6.43. The molecule has 1 fully saturated rings. The summed E-state index contributed by atoms with van der Waals surface area (Å²) in [6.45, 7) is 0.805. The van der Waals surface area contributed by atoms with Gasteiger partial charge in [-0.2, -0.15) is 0 Å². The number of nitrogens with zero attached hydrogens (tertiary/aromatic N) is 1. The molecule has 0 unspecified atom stereocenters. The van der Waals surface area contributed by atoms with E-state index < -0.39 is 10.0 Å². The van der Waals surface area contributed by atoms with Gasteiger partial charge in [0.1, 0.15) is 0 Å². The number of sulfonamides is 1. The Hall–Kier alpha value is -0.950. The second kappa shape index (κ2) is 6.00. The third-order valence-corrected chi connectivity index (χ3v) is 4.92. The van der Waals surface area contributed by atoms with Gasteiger partial charge in [-0.05, 0) is 31.5 Å². The van der Waals surface area contributed by atoms with E-state index in [0.29, 0.717) is 24.7 Å². The molecule has 2 rings (SSSR count). The number of hydrogen-bond acceptors (Lipinski definition) is 4. The van der Waals surface area contributed by atoms with Gasteiger partial charge in [-0.3, -0.25) is 0 Å². The van der Waals surface area contributed by atoms with Crippen molar-refractivity contribution in [2.24, 2.45) is 0 Å². The molecule has 1 saturated carbocycles.